The molecule has 0 radical (unpaired) electrons. The van der Waals surface area contributed by atoms with Crippen molar-refractivity contribution in [3.63, 3.8) is 0 Å². The molecule has 0 aromatic heterocycles. The summed E-state index contributed by atoms with van der Waals surface area (Å²) in [5.74, 6) is 1.30. The molecular weight excluding hydrogens is 234 g/mol. The summed E-state index contributed by atoms with van der Waals surface area (Å²) in [5.41, 5.74) is 9.18. The first-order chi connectivity index (χ1) is 9.18. The van der Waals surface area contributed by atoms with Crippen LogP contribution < -0.4 is 5.73 Å². The zero-order valence-electron chi connectivity index (χ0n) is 12.3. The van der Waals surface area contributed by atoms with Crippen molar-refractivity contribution >= 4 is 0 Å². The molecular formula is C17H27NO. The number of hydrogen-bond donors (Lipinski definition) is 1. The van der Waals surface area contributed by atoms with E-state index in [4.69, 9.17) is 10.5 Å². The van der Waals surface area contributed by atoms with Gasteiger partial charge in [0.25, 0.3) is 0 Å². The van der Waals surface area contributed by atoms with Crippen LogP contribution in [0.25, 0.3) is 0 Å². The lowest BCUT2D eigenvalue weighted by molar-refractivity contribution is 0.104. The number of hydrogen-bond acceptors (Lipinski definition) is 2. The van der Waals surface area contributed by atoms with Gasteiger partial charge in [-0.1, -0.05) is 38.1 Å². The SMILES string of the molecule is CC(C)CCOCCC1CCc2ccccc2C1N. The maximum Gasteiger partial charge on any atom is 0.0469 e. The van der Waals surface area contributed by atoms with E-state index in [1.165, 1.54) is 24.0 Å². The Bertz CT molecular complexity index is 389. The Morgan fingerprint density at radius 2 is 2.05 bits per heavy atom. The van der Waals surface area contributed by atoms with Crippen molar-refractivity contribution in [1.82, 2.24) is 0 Å². The molecule has 1 aliphatic rings. The Labute approximate surface area is 117 Å². The molecule has 106 valence electrons. The fraction of sp³-hybridized carbons (Fsp3) is 0.647. The quantitative estimate of drug-likeness (QED) is 0.792. The molecule has 2 rings (SSSR count). The molecule has 0 bridgehead atoms. The van der Waals surface area contributed by atoms with E-state index in [-0.39, 0.29) is 6.04 Å². The van der Waals surface area contributed by atoms with Crippen LogP contribution in [-0.2, 0) is 11.2 Å². The van der Waals surface area contributed by atoms with Gasteiger partial charge in [0.2, 0.25) is 0 Å². The number of fused-ring (bicyclic) bond motifs is 1. The highest BCUT2D eigenvalue weighted by molar-refractivity contribution is 5.32. The number of rotatable bonds is 6. The summed E-state index contributed by atoms with van der Waals surface area (Å²) in [6.07, 6.45) is 4.61. The lowest BCUT2D eigenvalue weighted by Gasteiger charge is -2.31. The molecule has 2 N–H and O–H groups in total. The number of nitrogens with two attached hydrogens (primary N) is 1. The van der Waals surface area contributed by atoms with E-state index < -0.39 is 0 Å². The average molecular weight is 261 g/mol. The molecule has 0 saturated carbocycles. The Hall–Kier alpha value is -0.860. The standard InChI is InChI=1S/C17H27NO/c1-13(2)9-11-19-12-10-15-8-7-14-5-3-4-6-16(14)17(15)18/h3-6,13,15,17H,7-12,18H2,1-2H3. The average Bonchev–Trinajstić information content (AvgIpc) is 2.41. The molecule has 2 nitrogen and oxygen atoms in total. The monoisotopic (exact) mass is 261 g/mol. The van der Waals surface area contributed by atoms with Gasteiger partial charge in [-0.25, -0.2) is 0 Å². The Kier molecular flexibility index (Phi) is 5.41. The molecule has 0 aliphatic heterocycles. The van der Waals surface area contributed by atoms with Crippen LogP contribution in [0.5, 0.6) is 0 Å². The maximum atomic E-state index is 6.40. The van der Waals surface area contributed by atoms with Crippen LogP contribution in [-0.4, -0.2) is 13.2 Å². The molecule has 0 fully saturated rings. The van der Waals surface area contributed by atoms with E-state index in [2.05, 4.69) is 38.1 Å². The van der Waals surface area contributed by atoms with Crippen molar-refractivity contribution in [3.8, 4) is 0 Å². The predicted octanol–water partition coefficient (Wildman–Crippen LogP) is 3.70. The normalized spacial score (nSPS) is 22.5. The lowest BCUT2D eigenvalue weighted by Crippen LogP contribution is -2.28. The smallest absolute Gasteiger partial charge is 0.0469 e. The highest BCUT2D eigenvalue weighted by atomic mass is 16.5. The fourth-order valence-corrected chi connectivity index (χ4v) is 2.84. The molecule has 0 saturated heterocycles. The van der Waals surface area contributed by atoms with Crippen LogP contribution in [0.4, 0.5) is 0 Å². The van der Waals surface area contributed by atoms with Crippen LogP contribution in [0.15, 0.2) is 24.3 Å². The van der Waals surface area contributed by atoms with Gasteiger partial charge >= 0.3 is 0 Å². The van der Waals surface area contributed by atoms with E-state index in [9.17, 15) is 0 Å². The highest BCUT2D eigenvalue weighted by Gasteiger charge is 2.25. The molecule has 2 unspecified atom stereocenters. The van der Waals surface area contributed by atoms with Gasteiger partial charge in [-0.15, -0.1) is 0 Å². The minimum absolute atomic E-state index is 0.193. The molecule has 0 amide bonds. The molecule has 19 heavy (non-hydrogen) atoms. The largest absolute Gasteiger partial charge is 0.381 e. The maximum absolute atomic E-state index is 6.40. The summed E-state index contributed by atoms with van der Waals surface area (Å²) in [5, 5.41) is 0. The molecule has 0 spiro atoms. The fourth-order valence-electron chi connectivity index (χ4n) is 2.84. The molecule has 1 aromatic carbocycles. The topological polar surface area (TPSA) is 35.2 Å². The zero-order chi connectivity index (χ0) is 13.7. The minimum atomic E-state index is 0.193. The summed E-state index contributed by atoms with van der Waals surface area (Å²) in [7, 11) is 0. The molecule has 1 aromatic rings. The molecule has 2 atom stereocenters. The number of ether oxygens (including phenoxy) is 1. The molecule has 0 heterocycles. The number of benzene rings is 1. The second-order valence-electron chi connectivity index (χ2n) is 6.11. The zero-order valence-corrected chi connectivity index (χ0v) is 12.3. The van der Waals surface area contributed by atoms with Crippen LogP contribution in [0.3, 0.4) is 0 Å². The van der Waals surface area contributed by atoms with Crippen molar-refractivity contribution in [1.29, 1.82) is 0 Å². The summed E-state index contributed by atoms with van der Waals surface area (Å²) in [4.78, 5) is 0. The highest BCUT2D eigenvalue weighted by Crippen LogP contribution is 2.34. The van der Waals surface area contributed by atoms with Gasteiger partial charge in [-0.2, -0.15) is 0 Å². The summed E-state index contributed by atoms with van der Waals surface area (Å²) >= 11 is 0. The minimum Gasteiger partial charge on any atom is -0.381 e. The van der Waals surface area contributed by atoms with Crippen molar-refractivity contribution in [2.75, 3.05) is 13.2 Å². The summed E-state index contributed by atoms with van der Waals surface area (Å²) in [6.45, 7) is 6.21. The Morgan fingerprint density at radius 3 is 2.84 bits per heavy atom. The first-order valence-electron chi connectivity index (χ1n) is 7.59. The van der Waals surface area contributed by atoms with Gasteiger partial charge in [0.1, 0.15) is 0 Å². The van der Waals surface area contributed by atoms with Gasteiger partial charge in [0.05, 0.1) is 0 Å². The van der Waals surface area contributed by atoms with Gasteiger partial charge < -0.3 is 10.5 Å². The van der Waals surface area contributed by atoms with Crippen molar-refractivity contribution < 1.29 is 4.74 Å². The summed E-state index contributed by atoms with van der Waals surface area (Å²) in [6, 6.07) is 8.80. The van der Waals surface area contributed by atoms with Crippen molar-refractivity contribution in [3.05, 3.63) is 35.4 Å². The van der Waals surface area contributed by atoms with E-state index in [1.807, 2.05) is 0 Å². The Morgan fingerprint density at radius 1 is 1.26 bits per heavy atom. The first-order valence-corrected chi connectivity index (χ1v) is 7.59. The van der Waals surface area contributed by atoms with E-state index in [1.54, 1.807) is 0 Å². The van der Waals surface area contributed by atoms with E-state index >= 15 is 0 Å². The third-order valence-electron chi connectivity index (χ3n) is 4.18. The molecule has 1 aliphatic carbocycles. The second-order valence-corrected chi connectivity index (χ2v) is 6.11. The third kappa shape index (κ3) is 4.05. The van der Waals surface area contributed by atoms with Crippen LogP contribution in [0.1, 0.15) is 50.3 Å². The van der Waals surface area contributed by atoms with Crippen molar-refractivity contribution in [2.45, 2.75) is 45.6 Å². The van der Waals surface area contributed by atoms with Gasteiger partial charge in [0, 0.05) is 19.3 Å². The Balaban J connectivity index is 1.77. The van der Waals surface area contributed by atoms with Crippen LogP contribution >= 0.6 is 0 Å². The van der Waals surface area contributed by atoms with Crippen molar-refractivity contribution in [2.24, 2.45) is 17.6 Å². The van der Waals surface area contributed by atoms with Crippen LogP contribution in [0, 0.1) is 11.8 Å². The molecule has 2 heteroatoms. The number of aryl methyl sites for hydroxylation is 1. The van der Waals surface area contributed by atoms with Gasteiger partial charge in [-0.3, -0.25) is 0 Å². The second kappa shape index (κ2) is 7.06. The summed E-state index contributed by atoms with van der Waals surface area (Å²) < 4.78 is 5.73. The predicted molar refractivity (Wildman–Crippen MR) is 80.1 cm³/mol. The lowest BCUT2D eigenvalue weighted by atomic mass is 9.79. The van der Waals surface area contributed by atoms with Gasteiger partial charge in [0.15, 0.2) is 0 Å². The van der Waals surface area contributed by atoms with E-state index in [0.29, 0.717) is 5.92 Å². The first kappa shape index (κ1) is 14.5. The van der Waals surface area contributed by atoms with Gasteiger partial charge in [-0.05, 0) is 48.6 Å². The van der Waals surface area contributed by atoms with Crippen LogP contribution in [0.2, 0.25) is 0 Å². The van der Waals surface area contributed by atoms with E-state index in [0.717, 1.165) is 32.0 Å². The third-order valence-corrected chi connectivity index (χ3v) is 4.18.